The number of nitrogens with zero attached hydrogens (tertiary/aromatic N) is 2. The molecule has 1 aliphatic heterocycles. The van der Waals surface area contributed by atoms with E-state index in [0.717, 1.165) is 0 Å². The summed E-state index contributed by atoms with van der Waals surface area (Å²) in [6.07, 6.45) is 0.811. The van der Waals surface area contributed by atoms with Gasteiger partial charge in [0.2, 0.25) is 10.0 Å². The van der Waals surface area contributed by atoms with Crippen LogP contribution in [0.3, 0.4) is 0 Å². The first-order valence-electron chi connectivity index (χ1n) is 9.28. The van der Waals surface area contributed by atoms with E-state index in [1.165, 1.54) is 49.7 Å². The number of ether oxygens (including phenoxy) is 2. The average molecular weight is 454 g/mol. The Labute approximate surface area is 178 Å². The van der Waals surface area contributed by atoms with Crippen molar-refractivity contribution in [2.45, 2.75) is 12.1 Å². The highest BCUT2D eigenvalue weighted by molar-refractivity contribution is 7.92. The summed E-state index contributed by atoms with van der Waals surface area (Å²) in [5.41, 5.74) is -2.08. The fraction of sp³-hybridized carbons (Fsp3) is 0.286. The number of rotatable bonds is 9. The quantitative estimate of drug-likeness (QED) is 0.569. The smallest absolute Gasteiger partial charge is 0.254 e. The molecule has 31 heavy (non-hydrogen) atoms. The van der Waals surface area contributed by atoms with Gasteiger partial charge < -0.3 is 9.47 Å². The summed E-state index contributed by atoms with van der Waals surface area (Å²) in [6.45, 7) is -0.984. The molecule has 0 amide bonds. The third kappa shape index (κ3) is 5.78. The van der Waals surface area contributed by atoms with Gasteiger partial charge in [0.25, 0.3) is 6.43 Å². The minimum absolute atomic E-state index is 0.0352. The Morgan fingerprint density at radius 2 is 1.81 bits per heavy atom. The maximum atomic E-state index is 15.1. The number of hydrogen-bond donors (Lipinski definition) is 0. The highest BCUT2D eigenvalue weighted by Gasteiger charge is 2.36. The van der Waals surface area contributed by atoms with Gasteiger partial charge in [0.15, 0.2) is 17.2 Å². The van der Waals surface area contributed by atoms with E-state index in [1.54, 1.807) is 24.3 Å². The van der Waals surface area contributed by atoms with Gasteiger partial charge in [-0.2, -0.15) is 0 Å². The zero-order valence-corrected chi connectivity index (χ0v) is 17.4. The number of dihydropyridines is 1. The molecule has 0 saturated carbocycles. The summed E-state index contributed by atoms with van der Waals surface area (Å²) < 4.78 is 77.6. The molecular weight excluding hydrogens is 433 g/mol. The predicted molar refractivity (Wildman–Crippen MR) is 113 cm³/mol. The maximum Gasteiger partial charge on any atom is 0.254 e. The third-order valence-electron chi connectivity index (χ3n) is 4.44. The van der Waals surface area contributed by atoms with E-state index >= 15 is 4.39 Å². The molecule has 1 unspecified atom stereocenters. The van der Waals surface area contributed by atoms with Gasteiger partial charge in [-0.1, -0.05) is 12.1 Å². The Morgan fingerprint density at radius 3 is 2.39 bits per heavy atom. The number of aliphatic imine (C=N–C) groups is 1. The molecule has 0 saturated heterocycles. The van der Waals surface area contributed by atoms with Crippen LogP contribution in [0.15, 0.2) is 65.7 Å². The van der Waals surface area contributed by atoms with Crippen LogP contribution in [0.5, 0.6) is 17.2 Å². The number of halogens is 3. The van der Waals surface area contributed by atoms with E-state index in [0.29, 0.717) is 21.6 Å². The van der Waals surface area contributed by atoms with E-state index in [1.807, 2.05) is 0 Å². The Morgan fingerprint density at radius 1 is 1.13 bits per heavy atom. The second-order valence-corrected chi connectivity index (χ2v) is 8.74. The van der Waals surface area contributed by atoms with Crippen LogP contribution in [0.4, 0.5) is 18.9 Å². The lowest BCUT2D eigenvalue weighted by Crippen LogP contribution is -2.46. The molecule has 0 bridgehead atoms. The lowest BCUT2D eigenvalue weighted by Gasteiger charge is -2.31. The van der Waals surface area contributed by atoms with Crippen molar-refractivity contribution in [3.05, 3.63) is 60.7 Å². The number of anilines is 1. The average Bonchev–Trinajstić information content (AvgIpc) is 2.73. The van der Waals surface area contributed by atoms with E-state index in [-0.39, 0.29) is 12.2 Å². The third-order valence-corrected chi connectivity index (χ3v) is 6.13. The van der Waals surface area contributed by atoms with Crippen LogP contribution in [-0.4, -0.2) is 52.7 Å². The van der Waals surface area contributed by atoms with Crippen LogP contribution in [0.2, 0.25) is 0 Å². The largest absolute Gasteiger partial charge is 0.493 e. The summed E-state index contributed by atoms with van der Waals surface area (Å²) >= 11 is 0. The van der Waals surface area contributed by atoms with Gasteiger partial charge in [0.1, 0.15) is 11.5 Å². The van der Waals surface area contributed by atoms with Crippen molar-refractivity contribution in [2.24, 2.45) is 4.99 Å². The number of alkyl halides is 3. The first-order valence-corrected chi connectivity index (χ1v) is 10.9. The monoisotopic (exact) mass is 454 g/mol. The molecule has 166 valence electrons. The van der Waals surface area contributed by atoms with Crippen LogP contribution >= 0.6 is 0 Å². The van der Waals surface area contributed by atoms with Crippen LogP contribution in [-0.2, 0) is 10.0 Å². The number of hydrogen-bond acceptors (Lipinski definition) is 5. The molecule has 2 aromatic rings. The Balaban J connectivity index is 1.88. The fourth-order valence-electron chi connectivity index (χ4n) is 2.98. The molecule has 0 aromatic heterocycles. The highest BCUT2D eigenvalue weighted by Crippen LogP contribution is 2.33. The molecule has 0 aliphatic carbocycles. The van der Waals surface area contributed by atoms with Gasteiger partial charge in [-0.05, 0) is 48.6 Å². The molecule has 10 heteroatoms. The van der Waals surface area contributed by atoms with Crippen molar-refractivity contribution in [3.63, 3.8) is 0 Å². The number of methoxy groups -OCH3 is 1. The SMILES string of the molecule is COc1ccccc1Oc1ccc(N(CC2(F)C=CC=NC2)S(=O)(=O)CC(F)F)cc1. The zero-order valence-electron chi connectivity index (χ0n) is 16.6. The van der Waals surface area contributed by atoms with Crippen molar-refractivity contribution < 1.29 is 31.1 Å². The van der Waals surface area contributed by atoms with Gasteiger partial charge in [-0.25, -0.2) is 21.6 Å². The molecule has 0 radical (unpaired) electrons. The van der Waals surface area contributed by atoms with Crippen molar-refractivity contribution in [1.29, 1.82) is 0 Å². The normalized spacial score (nSPS) is 18.2. The standard InChI is InChI=1S/C21H21F3N2O4S/c1-29-18-5-2-3-6-19(18)30-17-9-7-16(8-10-17)26(31(27,28)13-20(22)23)15-21(24)11-4-12-25-14-21/h2-12,20H,13-15H2,1H3. The summed E-state index contributed by atoms with van der Waals surface area (Å²) in [5.74, 6) is -0.128. The van der Waals surface area contributed by atoms with Gasteiger partial charge in [-0.3, -0.25) is 9.30 Å². The number of allylic oxidation sites excluding steroid dienone is 1. The summed E-state index contributed by atoms with van der Waals surface area (Å²) in [6, 6.07) is 12.6. The van der Waals surface area contributed by atoms with Crippen molar-refractivity contribution in [3.8, 4) is 17.2 Å². The first-order chi connectivity index (χ1) is 14.7. The molecule has 6 nitrogen and oxygen atoms in total. The second kappa shape index (κ2) is 9.42. The molecule has 0 N–H and O–H groups in total. The Hall–Kier alpha value is -3.01. The van der Waals surface area contributed by atoms with Crippen molar-refractivity contribution in [2.75, 3.05) is 30.3 Å². The molecule has 0 spiro atoms. The zero-order chi connectivity index (χ0) is 22.5. The topological polar surface area (TPSA) is 68.2 Å². The Kier molecular flexibility index (Phi) is 6.89. The van der Waals surface area contributed by atoms with Crippen LogP contribution in [0, 0.1) is 0 Å². The minimum atomic E-state index is -4.50. The van der Waals surface area contributed by atoms with Gasteiger partial charge >= 0.3 is 0 Å². The molecule has 1 atom stereocenters. The van der Waals surface area contributed by atoms with E-state index in [2.05, 4.69) is 4.99 Å². The predicted octanol–water partition coefficient (Wildman–Crippen LogP) is 4.24. The molecule has 3 rings (SSSR count). The van der Waals surface area contributed by atoms with E-state index < -0.39 is 34.4 Å². The summed E-state index contributed by atoms with van der Waals surface area (Å²) in [5, 5.41) is 0. The van der Waals surface area contributed by atoms with Crippen LogP contribution in [0.1, 0.15) is 0 Å². The van der Waals surface area contributed by atoms with Gasteiger partial charge in [-0.15, -0.1) is 0 Å². The number of sulfonamides is 1. The number of para-hydroxylation sites is 2. The lowest BCUT2D eigenvalue weighted by molar-refractivity contribution is 0.174. The first kappa shape index (κ1) is 22.7. The second-order valence-electron chi connectivity index (χ2n) is 6.81. The number of benzene rings is 2. The van der Waals surface area contributed by atoms with Crippen molar-refractivity contribution >= 4 is 21.9 Å². The molecule has 1 aliphatic rings. The Bertz CT molecular complexity index is 1060. The lowest BCUT2D eigenvalue weighted by atomic mass is 10.0. The minimum Gasteiger partial charge on any atom is -0.493 e. The van der Waals surface area contributed by atoms with E-state index in [9.17, 15) is 17.2 Å². The fourth-order valence-corrected chi connectivity index (χ4v) is 4.34. The maximum absolute atomic E-state index is 15.1. The molecular formula is C21H21F3N2O4S. The van der Waals surface area contributed by atoms with Gasteiger partial charge in [0.05, 0.1) is 25.9 Å². The van der Waals surface area contributed by atoms with E-state index in [4.69, 9.17) is 9.47 Å². The summed E-state index contributed by atoms with van der Waals surface area (Å²) in [4.78, 5) is 3.81. The highest BCUT2D eigenvalue weighted by atomic mass is 32.2. The summed E-state index contributed by atoms with van der Waals surface area (Å²) in [7, 11) is -3.00. The molecule has 0 fully saturated rings. The van der Waals surface area contributed by atoms with Crippen molar-refractivity contribution in [1.82, 2.24) is 0 Å². The van der Waals surface area contributed by atoms with Gasteiger partial charge in [0, 0.05) is 6.21 Å². The van der Waals surface area contributed by atoms with Crippen LogP contribution in [0.25, 0.3) is 0 Å². The molecule has 2 aromatic carbocycles. The molecule has 1 heterocycles. The van der Waals surface area contributed by atoms with Crippen LogP contribution < -0.4 is 13.8 Å².